The van der Waals surface area contributed by atoms with Crippen molar-refractivity contribution in [1.82, 2.24) is 4.90 Å². The van der Waals surface area contributed by atoms with Gasteiger partial charge in [0.1, 0.15) is 5.75 Å². The van der Waals surface area contributed by atoms with Crippen molar-refractivity contribution in [2.45, 2.75) is 33.6 Å². The second-order valence-corrected chi connectivity index (χ2v) is 6.88. The number of rotatable bonds is 7. The highest BCUT2D eigenvalue weighted by Crippen LogP contribution is 2.27. The van der Waals surface area contributed by atoms with Gasteiger partial charge in [0.2, 0.25) is 0 Å². The van der Waals surface area contributed by atoms with E-state index < -0.39 is 0 Å². The Kier molecular flexibility index (Phi) is 6.99. The molecule has 0 aliphatic rings. The van der Waals surface area contributed by atoms with Crippen LogP contribution in [0.25, 0.3) is 0 Å². The van der Waals surface area contributed by atoms with Crippen LogP contribution in [-0.2, 0) is 4.79 Å². The number of para-hydroxylation sites is 1. The van der Waals surface area contributed by atoms with E-state index in [0.717, 1.165) is 16.8 Å². The summed E-state index contributed by atoms with van der Waals surface area (Å²) in [6, 6.07) is 12.9. The van der Waals surface area contributed by atoms with E-state index in [1.54, 1.807) is 36.2 Å². The van der Waals surface area contributed by atoms with Crippen LogP contribution in [0.15, 0.2) is 42.5 Å². The highest BCUT2D eigenvalue weighted by molar-refractivity contribution is 5.95. The van der Waals surface area contributed by atoms with Crippen LogP contribution in [-0.4, -0.2) is 36.9 Å². The number of hydrogen-bond donors (Lipinski definition) is 1. The van der Waals surface area contributed by atoms with E-state index in [9.17, 15) is 9.59 Å². The van der Waals surface area contributed by atoms with E-state index in [4.69, 9.17) is 4.74 Å². The molecule has 0 aromatic heterocycles. The topological polar surface area (TPSA) is 58.6 Å². The van der Waals surface area contributed by atoms with E-state index in [1.165, 1.54) is 0 Å². The fourth-order valence-electron chi connectivity index (χ4n) is 2.75. The predicted molar refractivity (Wildman–Crippen MR) is 108 cm³/mol. The lowest BCUT2D eigenvalue weighted by Gasteiger charge is -2.17. The van der Waals surface area contributed by atoms with Crippen LogP contribution in [0.1, 0.15) is 48.2 Å². The van der Waals surface area contributed by atoms with Crippen molar-refractivity contribution in [3.63, 3.8) is 0 Å². The number of carbonyl (C=O) groups excluding carboxylic acids is 2. The number of hydrogen-bond acceptors (Lipinski definition) is 3. The highest BCUT2D eigenvalue weighted by Gasteiger charge is 2.14. The van der Waals surface area contributed by atoms with Gasteiger partial charge in [0.15, 0.2) is 6.61 Å². The molecule has 0 saturated carbocycles. The van der Waals surface area contributed by atoms with Crippen molar-refractivity contribution in [2.24, 2.45) is 0 Å². The second kappa shape index (κ2) is 9.21. The van der Waals surface area contributed by atoms with Gasteiger partial charge in [0.05, 0.1) is 0 Å². The summed E-state index contributed by atoms with van der Waals surface area (Å²) in [5, 5.41) is 2.96. The predicted octanol–water partition coefficient (Wildman–Crippen LogP) is 4.23. The molecule has 5 nitrogen and oxygen atoms in total. The fourth-order valence-corrected chi connectivity index (χ4v) is 2.75. The summed E-state index contributed by atoms with van der Waals surface area (Å²) in [5.41, 5.74) is 3.50. The zero-order valence-electron chi connectivity index (χ0n) is 16.7. The molecule has 0 aliphatic carbocycles. The molecule has 0 heterocycles. The summed E-state index contributed by atoms with van der Waals surface area (Å²) in [7, 11) is 1.75. The van der Waals surface area contributed by atoms with E-state index in [-0.39, 0.29) is 18.4 Å². The molecule has 2 rings (SSSR count). The van der Waals surface area contributed by atoms with Crippen molar-refractivity contribution >= 4 is 17.5 Å². The second-order valence-electron chi connectivity index (χ2n) is 6.88. The molecule has 2 aromatic rings. The van der Waals surface area contributed by atoms with Crippen LogP contribution in [0.4, 0.5) is 5.69 Å². The monoisotopic (exact) mass is 368 g/mol. The van der Waals surface area contributed by atoms with Gasteiger partial charge in [-0.2, -0.15) is 0 Å². The largest absolute Gasteiger partial charge is 0.484 e. The first-order chi connectivity index (χ1) is 12.8. The van der Waals surface area contributed by atoms with Crippen LogP contribution in [0, 0.1) is 6.92 Å². The van der Waals surface area contributed by atoms with Crippen LogP contribution in [0.3, 0.4) is 0 Å². The Hall–Kier alpha value is -2.82. The number of anilines is 1. The van der Waals surface area contributed by atoms with Gasteiger partial charge in [-0.3, -0.25) is 9.59 Å². The fraction of sp³-hybridized carbons (Fsp3) is 0.364. The smallest absolute Gasteiger partial charge is 0.262 e. The third kappa shape index (κ3) is 5.33. The van der Waals surface area contributed by atoms with Crippen molar-refractivity contribution in [2.75, 3.05) is 25.5 Å². The molecule has 1 N–H and O–H groups in total. The maximum absolute atomic E-state index is 12.4. The van der Waals surface area contributed by atoms with Crippen LogP contribution < -0.4 is 10.1 Å². The summed E-state index contributed by atoms with van der Waals surface area (Å²) in [6.45, 7) is 8.59. The quantitative estimate of drug-likeness (QED) is 0.796. The molecule has 0 aliphatic heterocycles. The zero-order chi connectivity index (χ0) is 20.0. The Bertz CT molecular complexity index is 815. The Labute approximate surface area is 161 Å². The molecule has 144 valence electrons. The van der Waals surface area contributed by atoms with Gasteiger partial charge in [-0.15, -0.1) is 0 Å². The minimum absolute atomic E-state index is 0.0751. The SMILES string of the molecule is CCN(C)C(=O)c1cccc(OCC(=O)Nc2c(C)cccc2C(C)C)c1. The van der Waals surface area contributed by atoms with Gasteiger partial charge >= 0.3 is 0 Å². The number of nitrogens with zero attached hydrogens (tertiary/aromatic N) is 1. The van der Waals surface area contributed by atoms with Crippen molar-refractivity contribution in [1.29, 1.82) is 0 Å². The first-order valence-corrected chi connectivity index (χ1v) is 9.21. The zero-order valence-corrected chi connectivity index (χ0v) is 16.7. The number of ether oxygens (including phenoxy) is 1. The number of aryl methyl sites for hydroxylation is 1. The minimum Gasteiger partial charge on any atom is -0.484 e. The lowest BCUT2D eigenvalue weighted by molar-refractivity contribution is -0.118. The van der Waals surface area contributed by atoms with Gasteiger partial charge in [0.25, 0.3) is 11.8 Å². The van der Waals surface area contributed by atoms with Crippen LogP contribution >= 0.6 is 0 Å². The molecule has 0 spiro atoms. The molecular weight excluding hydrogens is 340 g/mol. The molecule has 0 saturated heterocycles. The van der Waals surface area contributed by atoms with Crippen molar-refractivity contribution in [3.8, 4) is 5.75 Å². The molecule has 5 heteroatoms. The molecule has 0 bridgehead atoms. The van der Waals surface area contributed by atoms with E-state index >= 15 is 0 Å². The number of nitrogens with one attached hydrogen (secondary N) is 1. The van der Waals surface area contributed by atoms with Crippen LogP contribution in [0.5, 0.6) is 5.75 Å². The minimum atomic E-state index is -0.228. The molecule has 0 radical (unpaired) electrons. The molecule has 2 aromatic carbocycles. The molecule has 2 amide bonds. The molecule has 0 unspecified atom stereocenters. The third-order valence-corrected chi connectivity index (χ3v) is 4.46. The van der Waals surface area contributed by atoms with Crippen LogP contribution in [0.2, 0.25) is 0 Å². The van der Waals surface area contributed by atoms with Crippen molar-refractivity contribution < 1.29 is 14.3 Å². The Balaban J connectivity index is 2.04. The first kappa shape index (κ1) is 20.5. The summed E-state index contributed by atoms with van der Waals surface area (Å²) in [5.74, 6) is 0.497. The van der Waals surface area contributed by atoms with Gasteiger partial charge in [-0.1, -0.05) is 38.1 Å². The van der Waals surface area contributed by atoms with E-state index in [1.807, 2.05) is 32.0 Å². The first-order valence-electron chi connectivity index (χ1n) is 9.21. The Morgan fingerprint density at radius 1 is 1.15 bits per heavy atom. The highest BCUT2D eigenvalue weighted by atomic mass is 16.5. The van der Waals surface area contributed by atoms with Gasteiger partial charge in [-0.05, 0) is 49.1 Å². The number of benzene rings is 2. The molecule has 0 atom stereocenters. The molecule has 27 heavy (non-hydrogen) atoms. The van der Waals surface area contributed by atoms with E-state index in [2.05, 4.69) is 19.2 Å². The lowest BCUT2D eigenvalue weighted by atomic mass is 9.98. The maximum atomic E-state index is 12.4. The van der Waals surface area contributed by atoms with Crippen molar-refractivity contribution in [3.05, 3.63) is 59.2 Å². The lowest BCUT2D eigenvalue weighted by Crippen LogP contribution is -2.26. The molecule has 0 fully saturated rings. The molecular formula is C22H28N2O3. The third-order valence-electron chi connectivity index (χ3n) is 4.46. The summed E-state index contributed by atoms with van der Waals surface area (Å²) < 4.78 is 5.60. The normalized spacial score (nSPS) is 10.6. The average molecular weight is 368 g/mol. The summed E-state index contributed by atoms with van der Waals surface area (Å²) >= 11 is 0. The van der Waals surface area contributed by atoms with E-state index in [0.29, 0.717) is 23.8 Å². The van der Waals surface area contributed by atoms with Gasteiger partial charge in [0, 0.05) is 24.8 Å². The van der Waals surface area contributed by atoms with Gasteiger partial charge in [-0.25, -0.2) is 0 Å². The summed E-state index contributed by atoms with van der Waals surface area (Å²) in [6.07, 6.45) is 0. The Morgan fingerprint density at radius 2 is 1.85 bits per heavy atom. The maximum Gasteiger partial charge on any atom is 0.262 e. The Morgan fingerprint density at radius 3 is 2.52 bits per heavy atom. The van der Waals surface area contributed by atoms with Gasteiger partial charge < -0.3 is 15.0 Å². The summed E-state index contributed by atoms with van der Waals surface area (Å²) in [4.78, 5) is 26.2. The standard InChI is InChI=1S/C22H28N2O3/c1-6-24(5)22(26)17-10-8-11-18(13-17)27-14-20(25)23-21-16(4)9-7-12-19(21)15(2)3/h7-13,15H,6,14H2,1-5H3,(H,23,25). The average Bonchev–Trinajstić information content (AvgIpc) is 2.66. The number of carbonyl (C=O) groups is 2. The number of amides is 2.